The minimum absolute atomic E-state index is 0.0808. The van der Waals surface area contributed by atoms with Crippen LogP contribution in [0.15, 0.2) is 54.7 Å². The minimum atomic E-state index is -1.37. The number of aromatic amines is 1. The summed E-state index contributed by atoms with van der Waals surface area (Å²) >= 11 is 0. The van der Waals surface area contributed by atoms with Crippen LogP contribution in [0.4, 0.5) is 4.79 Å². The first-order valence-corrected chi connectivity index (χ1v) is 17.0. The number of aromatic nitrogens is 1. The second-order valence-corrected chi connectivity index (χ2v) is 14.7. The first-order chi connectivity index (χ1) is 22.6. The van der Waals surface area contributed by atoms with Crippen molar-refractivity contribution in [2.45, 2.75) is 88.3 Å². The molecule has 4 fully saturated rings. The molecule has 1 heterocycles. The van der Waals surface area contributed by atoms with Gasteiger partial charge in [0.25, 0.3) is 0 Å². The number of para-hydroxylation sites is 1. The van der Waals surface area contributed by atoms with Crippen LogP contribution in [0.1, 0.15) is 75.0 Å². The maximum Gasteiger partial charge on any atom is 0.408 e. The highest BCUT2D eigenvalue weighted by Gasteiger charge is 2.50. The molecule has 5 aliphatic rings. The van der Waals surface area contributed by atoms with Crippen LogP contribution in [0, 0.1) is 23.7 Å². The Morgan fingerprint density at radius 2 is 1.66 bits per heavy atom. The van der Waals surface area contributed by atoms with E-state index in [0.717, 1.165) is 65.1 Å². The van der Waals surface area contributed by atoms with Crippen LogP contribution in [0.25, 0.3) is 10.9 Å². The van der Waals surface area contributed by atoms with Crippen molar-refractivity contribution in [1.29, 1.82) is 0 Å². The highest BCUT2D eigenvalue weighted by Crippen LogP contribution is 2.54. The van der Waals surface area contributed by atoms with Gasteiger partial charge in [-0.1, -0.05) is 42.5 Å². The Hall–Kier alpha value is -4.34. The second-order valence-electron chi connectivity index (χ2n) is 14.7. The number of rotatable bonds is 11. The van der Waals surface area contributed by atoms with E-state index in [4.69, 9.17) is 9.84 Å². The number of fused-ring (bicyclic) bond motifs is 2. The van der Waals surface area contributed by atoms with E-state index in [0.29, 0.717) is 24.7 Å². The number of benzene rings is 2. The Balaban J connectivity index is 1.12. The molecule has 3 aromatic rings. The van der Waals surface area contributed by atoms with Gasteiger partial charge < -0.3 is 30.8 Å². The van der Waals surface area contributed by atoms with Crippen LogP contribution >= 0.6 is 0 Å². The number of ether oxygens (including phenoxy) is 1. The minimum Gasteiger partial charge on any atom is -0.481 e. The standard InChI is InChI=1S/C37H44N4O6/c1-36(19-27-20-38-30-9-5-3-7-28(27)30,41-35(46)47-33-25-15-22-14-23(17-25)18-26(33)16-22)34(45)39-21-37(40-31(42)10-11-32(43)44)13-12-24-6-2-4-8-29(24)37/h2-9,20,22-23,25-26,33,38H,10-19,21H2,1H3,(H,39,45)(H,40,42)(H,41,46)(H,43,44)/t22?,23?,25?,26?,33?,36-,37?/m0/s1. The van der Waals surface area contributed by atoms with Crippen molar-refractivity contribution in [3.8, 4) is 0 Å². The Morgan fingerprint density at radius 1 is 0.957 bits per heavy atom. The quantitative estimate of drug-likeness (QED) is 0.200. The van der Waals surface area contributed by atoms with Gasteiger partial charge in [-0.25, -0.2) is 4.79 Å². The Labute approximate surface area is 274 Å². The summed E-state index contributed by atoms with van der Waals surface area (Å²) < 4.78 is 6.18. The fourth-order valence-corrected chi connectivity index (χ4v) is 9.31. The fraction of sp³-hybridized carbons (Fsp3) is 0.514. The molecule has 3 amide bonds. The molecule has 1 aromatic heterocycles. The zero-order valence-electron chi connectivity index (χ0n) is 26.8. The van der Waals surface area contributed by atoms with Crippen LogP contribution in [0.2, 0.25) is 0 Å². The number of aryl methyl sites for hydroxylation is 1. The Bertz CT molecular complexity index is 1670. The van der Waals surface area contributed by atoms with Gasteiger partial charge in [0.2, 0.25) is 11.8 Å². The highest BCUT2D eigenvalue weighted by atomic mass is 16.6. The average Bonchev–Trinajstić information content (AvgIpc) is 3.61. The number of carboxylic acid groups (broad SMARTS) is 1. The van der Waals surface area contributed by atoms with Gasteiger partial charge in [-0.15, -0.1) is 0 Å². The van der Waals surface area contributed by atoms with Crippen LogP contribution in [-0.2, 0) is 37.5 Å². The molecule has 0 saturated heterocycles. The van der Waals surface area contributed by atoms with Gasteiger partial charge in [-0.3, -0.25) is 14.4 Å². The zero-order valence-corrected chi connectivity index (χ0v) is 26.8. The number of alkyl carbamates (subject to hydrolysis) is 1. The monoisotopic (exact) mass is 640 g/mol. The third-order valence-corrected chi connectivity index (χ3v) is 11.3. The van der Waals surface area contributed by atoms with E-state index >= 15 is 0 Å². The molecule has 5 aliphatic carbocycles. The van der Waals surface area contributed by atoms with Crippen molar-refractivity contribution in [1.82, 2.24) is 20.9 Å². The molecule has 8 rings (SSSR count). The van der Waals surface area contributed by atoms with Crippen LogP contribution < -0.4 is 16.0 Å². The molecule has 10 nitrogen and oxygen atoms in total. The number of amides is 3. The molecule has 10 heteroatoms. The Kier molecular flexibility index (Phi) is 8.22. The van der Waals surface area contributed by atoms with E-state index in [1.54, 1.807) is 6.92 Å². The van der Waals surface area contributed by atoms with E-state index in [9.17, 15) is 19.2 Å². The van der Waals surface area contributed by atoms with E-state index in [2.05, 4.69) is 20.9 Å². The number of aliphatic carboxylic acids is 1. The maximum absolute atomic E-state index is 14.3. The van der Waals surface area contributed by atoms with Gasteiger partial charge >= 0.3 is 12.1 Å². The third-order valence-electron chi connectivity index (χ3n) is 11.3. The maximum atomic E-state index is 14.3. The number of hydrogen-bond acceptors (Lipinski definition) is 5. The van der Waals surface area contributed by atoms with Crippen molar-refractivity contribution in [3.63, 3.8) is 0 Å². The number of carboxylic acids is 1. The number of H-pyrrole nitrogens is 1. The molecular formula is C37H44N4O6. The van der Waals surface area contributed by atoms with Gasteiger partial charge in [-0.2, -0.15) is 0 Å². The summed E-state index contributed by atoms with van der Waals surface area (Å²) in [5, 5.41) is 19.3. The van der Waals surface area contributed by atoms with Crippen molar-refractivity contribution in [3.05, 3.63) is 71.4 Å². The van der Waals surface area contributed by atoms with Gasteiger partial charge in [0.05, 0.1) is 12.0 Å². The van der Waals surface area contributed by atoms with Gasteiger partial charge in [0, 0.05) is 36.5 Å². The van der Waals surface area contributed by atoms with Crippen LogP contribution in [0.5, 0.6) is 0 Å². The zero-order chi connectivity index (χ0) is 32.8. The summed E-state index contributed by atoms with van der Waals surface area (Å²) in [6.07, 6.45) is 7.94. The number of nitrogens with one attached hydrogen (secondary N) is 4. The molecule has 2 aromatic carbocycles. The molecule has 4 saturated carbocycles. The first-order valence-electron chi connectivity index (χ1n) is 17.0. The first kappa shape index (κ1) is 31.3. The molecule has 0 radical (unpaired) electrons. The lowest BCUT2D eigenvalue weighted by atomic mass is 9.55. The lowest BCUT2D eigenvalue weighted by molar-refractivity contribution is -0.139. The van der Waals surface area contributed by atoms with E-state index in [1.165, 1.54) is 6.42 Å². The van der Waals surface area contributed by atoms with E-state index in [-0.39, 0.29) is 31.9 Å². The smallest absolute Gasteiger partial charge is 0.408 e. The molecule has 47 heavy (non-hydrogen) atoms. The average molecular weight is 641 g/mol. The number of carbonyl (C=O) groups excluding carboxylic acids is 3. The topological polar surface area (TPSA) is 150 Å². The molecule has 1 unspecified atom stereocenters. The molecule has 4 bridgehead atoms. The predicted molar refractivity (Wildman–Crippen MR) is 175 cm³/mol. The van der Waals surface area contributed by atoms with E-state index < -0.39 is 35.0 Å². The lowest BCUT2D eigenvalue weighted by Gasteiger charge is -2.53. The molecule has 0 aliphatic heterocycles. The summed E-state index contributed by atoms with van der Waals surface area (Å²) in [5.41, 5.74) is 1.50. The largest absolute Gasteiger partial charge is 0.481 e. The second kappa shape index (κ2) is 12.4. The molecule has 5 N–H and O–H groups in total. The van der Waals surface area contributed by atoms with Crippen LogP contribution in [0.3, 0.4) is 0 Å². The third kappa shape index (κ3) is 6.22. The summed E-state index contributed by atoms with van der Waals surface area (Å²) in [6.45, 7) is 1.81. The van der Waals surface area contributed by atoms with E-state index in [1.807, 2.05) is 54.7 Å². The van der Waals surface area contributed by atoms with Gasteiger partial charge in [0.1, 0.15) is 11.6 Å². The summed E-state index contributed by atoms with van der Waals surface area (Å²) in [5.74, 6) is 0.432. The highest BCUT2D eigenvalue weighted by molar-refractivity contribution is 5.92. The van der Waals surface area contributed by atoms with Crippen molar-refractivity contribution in [2.24, 2.45) is 23.7 Å². The Morgan fingerprint density at radius 3 is 2.40 bits per heavy atom. The van der Waals surface area contributed by atoms with Crippen molar-refractivity contribution < 1.29 is 29.0 Å². The predicted octanol–water partition coefficient (Wildman–Crippen LogP) is 4.96. The molecule has 0 spiro atoms. The van der Waals surface area contributed by atoms with Crippen molar-refractivity contribution >= 4 is 34.8 Å². The molecule has 248 valence electrons. The van der Waals surface area contributed by atoms with Gasteiger partial charge in [0.15, 0.2) is 0 Å². The summed E-state index contributed by atoms with van der Waals surface area (Å²) in [6, 6.07) is 15.6. The molecular weight excluding hydrogens is 596 g/mol. The summed E-state index contributed by atoms with van der Waals surface area (Å²) in [7, 11) is 0. The molecule has 2 atom stereocenters. The van der Waals surface area contributed by atoms with Crippen molar-refractivity contribution in [2.75, 3.05) is 6.54 Å². The summed E-state index contributed by atoms with van der Waals surface area (Å²) in [4.78, 5) is 55.4. The number of carbonyl (C=O) groups is 4. The number of hydrogen-bond donors (Lipinski definition) is 5. The SMILES string of the molecule is C[C@@](Cc1c[nH]c2ccccc12)(NC(=O)OC1C2CC3CC(C2)CC1C3)C(=O)NCC1(NC(=O)CCC(=O)O)CCc2ccccc21. The van der Waals surface area contributed by atoms with Gasteiger partial charge in [-0.05, 0) is 98.3 Å². The normalized spacial score (nSPS) is 28.3. The lowest BCUT2D eigenvalue weighted by Crippen LogP contribution is -2.62. The van der Waals surface area contributed by atoms with Crippen LogP contribution in [-0.4, -0.2) is 52.2 Å². The fourth-order valence-electron chi connectivity index (χ4n) is 9.31.